The maximum atomic E-state index is 8.52. The van der Waals surface area contributed by atoms with Crippen molar-refractivity contribution in [1.82, 2.24) is 4.98 Å². The molecule has 3 nitrogen and oxygen atoms in total. The fraction of sp³-hybridized carbons (Fsp3) is 0.286. The molecule has 1 N–H and O–H groups in total. The lowest BCUT2D eigenvalue weighted by Crippen LogP contribution is -2.13. The topological polar surface area (TPSA) is 42.4 Å². The first kappa shape index (κ1) is 8.30. The van der Waals surface area contributed by atoms with Gasteiger partial charge in [0.1, 0.15) is 5.75 Å². The number of hydrogen-bond donors (Lipinski definition) is 1. The molecular formula is C7H8ClNO2. The van der Waals surface area contributed by atoms with Gasteiger partial charge in [-0.2, -0.15) is 0 Å². The molecule has 1 heterocycles. The predicted molar refractivity (Wildman–Crippen MR) is 41.6 cm³/mol. The molecule has 1 atom stereocenters. The van der Waals surface area contributed by atoms with Gasteiger partial charge in [0.05, 0.1) is 12.8 Å². The van der Waals surface area contributed by atoms with Crippen molar-refractivity contribution in [3.63, 3.8) is 0 Å². The molecule has 1 unspecified atom stereocenters. The summed E-state index contributed by atoms with van der Waals surface area (Å²) >= 11 is 5.50. The van der Waals surface area contributed by atoms with Crippen LogP contribution >= 0.6 is 11.6 Å². The number of aliphatic hydroxyl groups excluding tert-OH is 1. The van der Waals surface area contributed by atoms with Crippen LogP contribution in [0.25, 0.3) is 0 Å². The Balaban J connectivity index is 2.51. The van der Waals surface area contributed by atoms with Crippen LogP contribution in [-0.2, 0) is 0 Å². The lowest BCUT2D eigenvalue weighted by molar-refractivity contribution is 0.172. The molecular weight excluding hydrogens is 166 g/mol. The molecule has 0 aliphatic carbocycles. The van der Waals surface area contributed by atoms with Crippen molar-refractivity contribution in [2.75, 3.05) is 6.61 Å². The van der Waals surface area contributed by atoms with E-state index in [0.717, 1.165) is 0 Å². The van der Waals surface area contributed by atoms with Crippen molar-refractivity contribution in [2.24, 2.45) is 0 Å². The molecule has 0 aromatic carbocycles. The lowest BCUT2D eigenvalue weighted by Gasteiger charge is -2.08. The Labute approximate surface area is 69.6 Å². The first-order chi connectivity index (χ1) is 5.33. The second-order valence-corrected chi connectivity index (χ2v) is 2.39. The second kappa shape index (κ2) is 4.16. The molecule has 0 aliphatic heterocycles. The van der Waals surface area contributed by atoms with Gasteiger partial charge in [0.15, 0.2) is 5.56 Å². The van der Waals surface area contributed by atoms with Crippen molar-refractivity contribution in [3.05, 3.63) is 24.5 Å². The van der Waals surface area contributed by atoms with E-state index >= 15 is 0 Å². The van der Waals surface area contributed by atoms with Crippen molar-refractivity contribution in [2.45, 2.75) is 5.56 Å². The number of nitrogens with zero attached hydrogens (tertiary/aromatic N) is 1. The minimum atomic E-state index is -0.695. The maximum Gasteiger partial charge on any atom is 0.195 e. The number of alkyl halides is 1. The van der Waals surface area contributed by atoms with Crippen molar-refractivity contribution in [3.8, 4) is 5.75 Å². The molecule has 1 aromatic heterocycles. The monoisotopic (exact) mass is 173 g/mol. The van der Waals surface area contributed by atoms with Crippen LogP contribution in [0.1, 0.15) is 0 Å². The Hall–Kier alpha value is -0.800. The van der Waals surface area contributed by atoms with Crippen molar-refractivity contribution >= 4 is 11.6 Å². The predicted octanol–water partition coefficient (Wildman–Crippen LogP) is 1.02. The summed E-state index contributed by atoms with van der Waals surface area (Å²) < 4.78 is 5.02. The van der Waals surface area contributed by atoms with Gasteiger partial charge in [0.2, 0.25) is 0 Å². The normalized spacial score (nSPS) is 12.5. The van der Waals surface area contributed by atoms with Gasteiger partial charge in [0.25, 0.3) is 0 Å². The average molecular weight is 174 g/mol. The Kier molecular flexibility index (Phi) is 3.14. The van der Waals surface area contributed by atoms with E-state index in [2.05, 4.69) is 4.98 Å². The van der Waals surface area contributed by atoms with Crippen LogP contribution in [0.3, 0.4) is 0 Å². The van der Waals surface area contributed by atoms with E-state index in [9.17, 15) is 0 Å². The molecule has 0 radical (unpaired) electrons. The summed E-state index contributed by atoms with van der Waals surface area (Å²) in [6, 6.07) is 3.45. The highest BCUT2D eigenvalue weighted by atomic mass is 35.5. The Morgan fingerprint density at radius 2 is 2.55 bits per heavy atom. The summed E-state index contributed by atoms with van der Waals surface area (Å²) in [5.74, 6) is 0.557. The van der Waals surface area contributed by atoms with Gasteiger partial charge in [-0.15, -0.1) is 0 Å². The smallest absolute Gasteiger partial charge is 0.195 e. The zero-order valence-electron chi connectivity index (χ0n) is 5.77. The average Bonchev–Trinajstić information content (AvgIpc) is 2.06. The number of pyridine rings is 1. The maximum absolute atomic E-state index is 8.52. The van der Waals surface area contributed by atoms with Crippen LogP contribution in [-0.4, -0.2) is 22.3 Å². The van der Waals surface area contributed by atoms with Crippen LogP contribution in [0.5, 0.6) is 5.75 Å². The molecule has 4 heteroatoms. The number of rotatable bonds is 3. The van der Waals surface area contributed by atoms with Crippen LogP contribution in [0.4, 0.5) is 0 Å². The molecule has 0 bridgehead atoms. The summed E-state index contributed by atoms with van der Waals surface area (Å²) in [6.45, 7) is -0.212. The standard InChI is InChI=1S/C7H8ClNO2/c8-7(5-10)11-6-2-1-3-9-4-6/h1-4,7,10H,5H2. The summed E-state index contributed by atoms with van der Waals surface area (Å²) in [7, 11) is 0. The van der Waals surface area contributed by atoms with Crippen LogP contribution in [0.2, 0.25) is 0 Å². The van der Waals surface area contributed by atoms with Crippen LogP contribution in [0, 0.1) is 0 Å². The van der Waals surface area contributed by atoms with Gasteiger partial charge in [-0.1, -0.05) is 11.6 Å². The van der Waals surface area contributed by atoms with Gasteiger partial charge < -0.3 is 9.84 Å². The summed E-state index contributed by atoms with van der Waals surface area (Å²) in [5.41, 5.74) is -0.695. The zero-order valence-corrected chi connectivity index (χ0v) is 6.53. The summed E-state index contributed by atoms with van der Waals surface area (Å²) in [4.78, 5) is 3.81. The fourth-order valence-electron chi connectivity index (χ4n) is 0.602. The number of halogens is 1. The highest BCUT2D eigenvalue weighted by molar-refractivity contribution is 6.19. The molecule has 0 amide bonds. The molecule has 1 aromatic rings. The van der Waals surface area contributed by atoms with E-state index in [-0.39, 0.29) is 6.61 Å². The fourth-order valence-corrected chi connectivity index (χ4v) is 0.705. The minimum Gasteiger partial charge on any atom is -0.471 e. The Bertz CT molecular complexity index is 205. The summed E-state index contributed by atoms with van der Waals surface area (Å²) in [5, 5.41) is 8.52. The van der Waals surface area contributed by atoms with Crippen LogP contribution in [0.15, 0.2) is 24.5 Å². The summed E-state index contributed by atoms with van der Waals surface area (Å²) in [6.07, 6.45) is 3.17. The highest BCUT2D eigenvalue weighted by Gasteiger charge is 2.02. The minimum absolute atomic E-state index is 0.212. The molecule has 0 saturated heterocycles. The molecule has 60 valence electrons. The number of ether oxygens (including phenoxy) is 1. The molecule has 1 rings (SSSR count). The third kappa shape index (κ3) is 2.74. The van der Waals surface area contributed by atoms with Crippen LogP contribution < -0.4 is 4.74 Å². The third-order valence-corrected chi connectivity index (χ3v) is 1.27. The first-order valence-electron chi connectivity index (χ1n) is 3.14. The quantitative estimate of drug-likeness (QED) is 0.694. The number of aliphatic hydroxyl groups is 1. The Morgan fingerprint density at radius 3 is 3.09 bits per heavy atom. The third-order valence-electron chi connectivity index (χ3n) is 1.04. The zero-order chi connectivity index (χ0) is 8.10. The van der Waals surface area contributed by atoms with Gasteiger partial charge >= 0.3 is 0 Å². The molecule has 0 fully saturated rings. The molecule has 11 heavy (non-hydrogen) atoms. The van der Waals surface area contributed by atoms with E-state index in [1.54, 1.807) is 18.3 Å². The van der Waals surface area contributed by atoms with Gasteiger partial charge in [-0.25, -0.2) is 0 Å². The second-order valence-electron chi connectivity index (χ2n) is 1.90. The van der Waals surface area contributed by atoms with E-state index in [4.69, 9.17) is 21.4 Å². The van der Waals surface area contributed by atoms with Crippen molar-refractivity contribution in [1.29, 1.82) is 0 Å². The number of hydrogen-bond acceptors (Lipinski definition) is 3. The molecule has 0 spiro atoms. The molecule has 0 saturated carbocycles. The highest BCUT2D eigenvalue weighted by Crippen LogP contribution is 2.10. The largest absolute Gasteiger partial charge is 0.471 e. The van der Waals surface area contributed by atoms with E-state index in [1.165, 1.54) is 6.20 Å². The SMILES string of the molecule is OCC(Cl)Oc1cccnc1. The van der Waals surface area contributed by atoms with Gasteiger partial charge in [-0.3, -0.25) is 4.98 Å². The lowest BCUT2D eigenvalue weighted by atomic mass is 10.5. The number of aromatic nitrogens is 1. The Morgan fingerprint density at radius 1 is 1.73 bits per heavy atom. The first-order valence-corrected chi connectivity index (χ1v) is 3.58. The van der Waals surface area contributed by atoms with E-state index < -0.39 is 5.56 Å². The van der Waals surface area contributed by atoms with E-state index in [1.807, 2.05) is 0 Å². The molecule has 0 aliphatic rings. The van der Waals surface area contributed by atoms with E-state index in [0.29, 0.717) is 5.75 Å². The van der Waals surface area contributed by atoms with Gasteiger partial charge in [0, 0.05) is 6.20 Å². The van der Waals surface area contributed by atoms with Crippen molar-refractivity contribution < 1.29 is 9.84 Å². The van der Waals surface area contributed by atoms with Gasteiger partial charge in [-0.05, 0) is 12.1 Å².